The van der Waals surface area contributed by atoms with Crippen LogP contribution in [-0.2, 0) is 18.9 Å². The first-order valence-corrected chi connectivity index (χ1v) is 23.8. The highest BCUT2D eigenvalue weighted by Gasteiger charge is 2.26. The molecule has 0 saturated carbocycles. The minimum atomic E-state index is -0.117. The zero-order chi connectivity index (χ0) is 45.8. The van der Waals surface area contributed by atoms with Crippen LogP contribution in [0.1, 0.15) is 78.1 Å². The van der Waals surface area contributed by atoms with Crippen molar-refractivity contribution in [1.29, 1.82) is 10.5 Å². The zero-order valence-electron chi connectivity index (χ0n) is 39.0. The van der Waals surface area contributed by atoms with Gasteiger partial charge in [0, 0.05) is 79.1 Å². The Balaban J connectivity index is 0.000000209. The Morgan fingerprint density at radius 3 is 1.68 bits per heavy atom. The van der Waals surface area contributed by atoms with Gasteiger partial charge in [-0.25, -0.2) is 0 Å². The average Bonchev–Trinajstić information content (AvgIpc) is 3.37. The molecule has 4 aromatic rings. The van der Waals surface area contributed by atoms with Gasteiger partial charge in [0.1, 0.15) is 13.2 Å². The Bertz CT molecular complexity index is 2150. The van der Waals surface area contributed by atoms with Crippen LogP contribution in [-0.4, -0.2) is 103 Å². The molecule has 1 N–H and O–H groups in total. The molecule has 4 aliphatic rings. The summed E-state index contributed by atoms with van der Waals surface area (Å²) in [7, 11) is 3.25. The van der Waals surface area contributed by atoms with Crippen LogP contribution < -0.4 is 29.2 Å². The van der Waals surface area contributed by atoms with E-state index in [4.69, 9.17) is 54.8 Å². The maximum atomic E-state index is 9.24. The topological polar surface area (TPSA) is 162 Å². The summed E-state index contributed by atoms with van der Waals surface area (Å²) in [6.45, 7) is 11.4. The van der Waals surface area contributed by atoms with Gasteiger partial charge in [-0.05, 0) is 127 Å². The third-order valence-corrected chi connectivity index (χ3v) is 13.0. The Kier molecular flexibility index (Phi) is 22.4. The number of nitrogens with zero attached hydrogens (tertiary/aromatic N) is 5. The second-order valence-electron chi connectivity index (χ2n) is 16.9. The van der Waals surface area contributed by atoms with Gasteiger partial charge in [0.05, 0.1) is 55.6 Å². The van der Waals surface area contributed by atoms with Crippen molar-refractivity contribution < 1.29 is 37.9 Å². The summed E-state index contributed by atoms with van der Waals surface area (Å²) in [4.78, 5) is 11.2. The van der Waals surface area contributed by atoms with Gasteiger partial charge in [-0.3, -0.25) is 9.97 Å². The molecule has 4 fully saturated rings. The smallest absolute Gasteiger partial charge is 0.162 e. The quantitative estimate of drug-likeness (QED) is 0.112. The zero-order valence-corrected chi connectivity index (χ0v) is 40.6. The number of benzene rings is 2. The molecular weight excluding hydrogens is 883 g/mol. The lowest BCUT2D eigenvalue weighted by atomic mass is 9.86. The van der Waals surface area contributed by atoms with Crippen LogP contribution in [0.2, 0.25) is 5.02 Å². The van der Waals surface area contributed by atoms with Gasteiger partial charge < -0.3 is 48.1 Å². The van der Waals surface area contributed by atoms with E-state index in [9.17, 15) is 5.26 Å². The summed E-state index contributed by atoms with van der Waals surface area (Å²) in [6, 6.07) is 16.2. The van der Waals surface area contributed by atoms with Crippen molar-refractivity contribution in [3.63, 3.8) is 0 Å². The second-order valence-corrected chi connectivity index (χ2v) is 17.3. The number of piperidine rings is 2. The van der Waals surface area contributed by atoms with Crippen molar-refractivity contribution in [3.05, 3.63) is 53.8 Å². The third-order valence-electron chi connectivity index (χ3n) is 12.6. The summed E-state index contributed by atoms with van der Waals surface area (Å²) in [5, 5.41) is 23.7. The average molecular weight is 952 g/mol. The molecular formula is C50H68Cl2N6O8. The van der Waals surface area contributed by atoms with E-state index in [-0.39, 0.29) is 36.8 Å². The van der Waals surface area contributed by atoms with Crippen LogP contribution >= 0.6 is 24.0 Å². The van der Waals surface area contributed by atoms with E-state index in [1.165, 1.54) is 12.8 Å². The van der Waals surface area contributed by atoms with E-state index >= 15 is 0 Å². The number of anilines is 1. The molecule has 0 amide bonds. The van der Waals surface area contributed by atoms with Crippen LogP contribution in [0.3, 0.4) is 0 Å². The predicted octanol–water partition coefficient (Wildman–Crippen LogP) is 9.93. The number of fused-ring (bicyclic) bond motifs is 2. The van der Waals surface area contributed by atoms with E-state index in [0.717, 1.165) is 118 Å². The first-order chi connectivity index (χ1) is 31.8. The van der Waals surface area contributed by atoms with Crippen LogP contribution in [0, 0.1) is 46.3 Å². The Morgan fingerprint density at radius 2 is 1.18 bits per heavy atom. The summed E-state index contributed by atoms with van der Waals surface area (Å²) in [6.07, 6.45) is 14.1. The molecule has 14 nitrogen and oxygen atoms in total. The molecule has 8 rings (SSSR count). The lowest BCUT2D eigenvalue weighted by molar-refractivity contribution is -0.165. The number of halogens is 2. The van der Waals surface area contributed by atoms with Crippen LogP contribution in [0.25, 0.3) is 21.8 Å². The van der Waals surface area contributed by atoms with Crippen molar-refractivity contribution in [3.8, 4) is 35.1 Å². The summed E-state index contributed by atoms with van der Waals surface area (Å²) < 4.78 is 45.4. The molecule has 4 unspecified atom stereocenters. The van der Waals surface area contributed by atoms with E-state index in [1.807, 2.05) is 44.3 Å². The number of nitrogens with one attached hydrogen (secondary N) is 1. The lowest BCUT2D eigenvalue weighted by Crippen LogP contribution is -2.35. The number of aromatic nitrogens is 2. The van der Waals surface area contributed by atoms with Gasteiger partial charge >= 0.3 is 0 Å². The normalized spacial score (nSPS) is 19.9. The van der Waals surface area contributed by atoms with E-state index in [2.05, 4.69) is 38.4 Å². The maximum absolute atomic E-state index is 9.24. The molecule has 0 aliphatic carbocycles. The predicted molar refractivity (Wildman–Crippen MR) is 259 cm³/mol. The first kappa shape index (κ1) is 52.6. The Hall–Kier alpha value is -4.38. The van der Waals surface area contributed by atoms with Crippen molar-refractivity contribution in [2.75, 3.05) is 84.9 Å². The fourth-order valence-electron chi connectivity index (χ4n) is 8.62. The summed E-state index contributed by atoms with van der Waals surface area (Å²) in [5.74, 6) is 4.08. The minimum Gasteiger partial charge on any atom is -0.493 e. The fourth-order valence-corrected chi connectivity index (χ4v) is 8.83. The van der Waals surface area contributed by atoms with Crippen LogP contribution in [0.4, 0.5) is 5.69 Å². The van der Waals surface area contributed by atoms with E-state index in [1.54, 1.807) is 26.5 Å². The maximum Gasteiger partial charge on any atom is 0.162 e. The Labute approximate surface area is 401 Å². The van der Waals surface area contributed by atoms with Crippen LogP contribution in [0.15, 0.2) is 48.8 Å². The van der Waals surface area contributed by atoms with E-state index in [0.29, 0.717) is 66.3 Å². The first-order valence-electron chi connectivity index (χ1n) is 23.4. The van der Waals surface area contributed by atoms with Gasteiger partial charge in [-0.15, -0.1) is 12.4 Å². The standard InChI is InChI=1S/C25H33N3O4.C17H20ClNO4.C8H14N2.ClH/c1-18(17-26)19-7-10-28(11-8-19)22-6-9-27-21-16-23(29-2)24(15-20(21)22)30-13-14-32-25-5-3-4-12-31-25;1-20-15-11-14-12(13(18)5-6-19-14)10-16(15)21-8-9-23-17-4-2-3-7-22-17;1-7(6-9)8-2-4-10-5-3-8;/h6,9,15-16,18-19,25H,3-5,7-8,10-14H2,1-2H3;5-6,10-11,17H,2-4,7-9H2,1H3;7-8,10H,2-5H2,1H3;1H. The molecule has 66 heavy (non-hydrogen) atoms. The molecule has 2 aromatic carbocycles. The number of nitriles is 2. The number of ether oxygens (including phenoxy) is 8. The summed E-state index contributed by atoms with van der Waals surface area (Å²) >= 11 is 6.21. The highest BCUT2D eigenvalue weighted by atomic mass is 35.5. The SMILES string of the molecule is CC(C#N)C1CCNCC1.COc1cc2nccc(Cl)c2cc1OCCOC1CCCCO1.COc1cc2nccc(N3CCC(C(C)C#N)CC3)c2cc1OCCOC1CCCCO1.Cl. The molecule has 4 saturated heterocycles. The number of hydrogen-bond acceptors (Lipinski definition) is 14. The number of methoxy groups -OCH3 is 2. The molecule has 0 radical (unpaired) electrons. The fraction of sp³-hybridized carbons (Fsp3) is 0.600. The van der Waals surface area contributed by atoms with Gasteiger partial charge in [0.15, 0.2) is 35.6 Å². The minimum absolute atomic E-state index is 0. The largest absolute Gasteiger partial charge is 0.493 e. The van der Waals surface area contributed by atoms with Crippen molar-refractivity contribution in [2.24, 2.45) is 23.7 Å². The molecule has 4 aliphatic heterocycles. The van der Waals surface area contributed by atoms with Crippen molar-refractivity contribution >= 4 is 51.5 Å². The van der Waals surface area contributed by atoms with Gasteiger partial charge in [-0.1, -0.05) is 11.6 Å². The molecule has 4 atom stereocenters. The third kappa shape index (κ3) is 15.3. The van der Waals surface area contributed by atoms with Gasteiger partial charge in [0.2, 0.25) is 0 Å². The molecule has 0 bridgehead atoms. The van der Waals surface area contributed by atoms with Crippen molar-refractivity contribution in [1.82, 2.24) is 15.3 Å². The van der Waals surface area contributed by atoms with Gasteiger partial charge in [0.25, 0.3) is 0 Å². The van der Waals surface area contributed by atoms with E-state index < -0.39 is 0 Å². The summed E-state index contributed by atoms with van der Waals surface area (Å²) in [5.41, 5.74) is 2.80. The second kappa shape index (κ2) is 28.1. The van der Waals surface area contributed by atoms with Gasteiger partial charge in [-0.2, -0.15) is 10.5 Å². The molecule has 16 heteroatoms. The monoisotopic (exact) mass is 950 g/mol. The number of rotatable bonds is 15. The molecule has 360 valence electrons. The highest BCUT2D eigenvalue weighted by molar-refractivity contribution is 6.35. The molecule has 0 spiro atoms. The Morgan fingerprint density at radius 1 is 0.682 bits per heavy atom. The lowest BCUT2D eigenvalue weighted by Gasteiger charge is -2.35. The number of pyridine rings is 2. The molecule has 6 heterocycles. The highest BCUT2D eigenvalue weighted by Crippen LogP contribution is 2.38. The van der Waals surface area contributed by atoms with Crippen LogP contribution in [0.5, 0.6) is 23.0 Å². The molecule has 2 aromatic heterocycles. The van der Waals surface area contributed by atoms with Crippen molar-refractivity contribution in [2.45, 2.75) is 90.6 Å². The number of hydrogen-bond donors (Lipinski definition) is 1.